The van der Waals surface area contributed by atoms with Crippen LogP contribution in [0.15, 0.2) is 370 Å². The molecule has 0 aliphatic carbocycles. The highest BCUT2D eigenvalue weighted by molar-refractivity contribution is 6.13. The molecule has 0 amide bonds. The number of nitrogens with zero attached hydrogens (tertiary/aromatic N) is 11. The average molecular weight is 2020 g/mol. The molecule has 0 spiro atoms. The van der Waals surface area contributed by atoms with Gasteiger partial charge in [-0.25, -0.2) is 32.4 Å². The van der Waals surface area contributed by atoms with Crippen LogP contribution in [0.4, 0.5) is 0 Å². The van der Waals surface area contributed by atoms with Crippen molar-refractivity contribution in [2.24, 2.45) is 42.3 Å². The number of aromatic nitrogens is 11. The summed E-state index contributed by atoms with van der Waals surface area (Å²) in [6.07, 6.45) is 25.3. The van der Waals surface area contributed by atoms with E-state index in [1.807, 2.05) is 265 Å². The first kappa shape index (κ1) is 125. The van der Waals surface area contributed by atoms with Crippen LogP contribution in [0.25, 0.3) is 183 Å². The van der Waals surface area contributed by atoms with Gasteiger partial charge in [-0.3, -0.25) is 15.0 Å². The lowest BCUT2D eigenvalue weighted by atomic mass is 10.0. The summed E-state index contributed by atoms with van der Waals surface area (Å²) >= 11 is 0. The third-order valence-corrected chi connectivity index (χ3v) is 23.3. The molecule has 0 saturated heterocycles. The molecule has 0 radical (unpaired) electrons. The van der Waals surface area contributed by atoms with Gasteiger partial charge in [-0.2, -0.15) is 4.57 Å². The molecule has 150 heavy (non-hydrogen) atoms. The lowest BCUT2D eigenvalue weighted by Gasteiger charge is -2.05. The molecule has 0 N–H and O–H groups in total. The minimum Gasteiger partial charge on any atom is -0.455 e. The van der Waals surface area contributed by atoms with E-state index in [-0.39, 0.29) is 0 Å². The van der Waals surface area contributed by atoms with E-state index in [0.717, 1.165) is 138 Å². The summed E-state index contributed by atoms with van der Waals surface area (Å²) in [6, 6.07) is 91.3. The zero-order valence-electron chi connectivity index (χ0n) is 97.4. The Balaban J connectivity index is 0.000000302. The summed E-state index contributed by atoms with van der Waals surface area (Å²) in [4.78, 5) is 17.2. The number of hydrogen-bond donors (Lipinski definition) is 0. The molecule has 0 atom stereocenters. The molecule has 16 heteroatoms. The molecule has 0 aliphatic rings. The number of furan rings is 5. The van der Waals surface area contributed by atoms with Crippen molar-refractivity contribution < 1.29 is 49.5 Å². The Bertz CT molecular complexity index is 7010. The molecule has 23 aromatic rings. The lowest BCUT2D eigenvalue weighted by Crippen LogP contribution is -2.30. The van der Waals surface area contributed by atoms with Gasteiger partial charge in [0.15, 0.2) is 53.3 Å². The molecule has 16 nitrogen and oxygen atoms in total. The summed E-state index contributed by atoms with van der Waals surface area (Å²) in [5.41, 5.74) is 31.0. The number of imidazole rings is 1. The Morgan fingerprint density at radius 1 is 0.213 bits per heavy atom. The predicted octanol–water partition coefficient (Wildman–Crippen LogP) is 36.1. The number of hydrogen-bond acceptors (Lipinski definition) is 9. The highest BCUT2D eigenvalue weighted by Crippen LogP contribution is 2.42. The lowest BCUT2D eigenvalue weighted by molar-refractivity contribution is -0.660. The number of aryl methyl sites for hydroxylation is 12. The Morgan fingerprint density at radius 2 is 0.527 bits per heavy atom. The van der Waals surface area contributed by atoms with Crippen molar-refractivity contribution in [1.29, 1.82) is 0 Å². The van der Waals surface area contributed by atoms with Crippen molar-refractivity contribution >= 4 is 110 Å². The third-order valence-electron chi connectivity index (χ3n) is 23.3. The Hall–Kier alpha value is -15.7. The number of para-hydroxylation sites is 2. The number of rotatable bonds is 7. The standard InChI is InChI=1S/C19H16NO.4C18H15N2O.C17H17N2.13C2H6/c1-13-10-11-15-14-7-3-4-9-17(14)21-19(15)18(13)16-8-5-6-12-20(16)2;1-12-8-9-13-14-6-5-10-19-18(14)21-17(13)16(12)15-7-3-4-11-20(15)2;1-12-8-9-13-17-15(7-5-10-19-17)21-18(13)16(12)14-6-3-4-11-20(14)2;1-12-6-7-14-13-8-9-19-11-16(13)21-18(14)17(12)15-5-3-4-10-20(15)2;1-12-6-7-13-14-11-19-9-8-16(14)21-18(13)17(12)15-5-3-4-10-20(15)2;1-14-8-6-7-11-16(14)17-18(2)12-13-19(17)15-9-4-3-5-10-15;13*1-2/h3-12H,1-2H3;4*3-11H,1-2H3;3-13H,1-2H3;13*1-2H3/q6*+1;;;;;;;;;;;;;. The minimum atomic E-state index is 0.693. The van der Waals surface area contributed by atoms with Crippen LogP contribution in [0, 0.1) is 41.5 Å². The van der Waals surface area contributed by atoms with Gasteiger partial charge in [-0.1, -0.05) is 289 Å². The van der Waals surface area contributed by atoms with E-state index in [1.165, 1.54) is 72.5 Å². The van der Waals surface area contributed by atoms with Gasteiger partial charge < -0.3 is 22.1 Å². The molecular formula is C134H171N11O5+6. The molecule has 15 aromatic heterocycles. The summed E-state index contributed by atoms with van der Waals surface area (Å²) in [5, 5.41) is 10.0. The quantitative estimate of drug-likeness (QED) is 0.142. The van der Waals surface area contributed by atoms with Crippen LogP contribution < -0.4 is 27.4 Å². The topological polar surface area (TPSA) is 145 Å². The van der Waals surface area contributed by atoms with Crippen molar-refractivity contribution in [3.63, 3.8) is 0 Å². The Kier molecular flexibility index (Phi) is 54.8. The van der Waals surface area contributed by atoms with Crippen LogP contribution in [0.3, 0.4) is 0 Å². The molecule has 0 aliphatic heterocycles. The minimum absolute atomic E-state index is 0.693. The van der Waals surface area contributed by atoms with E-state index in [1.54, 1.807) is 31.0 Å². The van der Waals surface area contributed by atoms with Crippen molar-refractivity contribution in [2.45, 2.75) is 222 Å². The highest BCUT2D eigenvalue weighted by atomic mass is 16.3. The molecule has 15 heterocycles. The first-order valence-corrected chi connectivity index (χ1v) is 54.4. The SMILES string of the molecule is CC.CC.CC.CC.CC.CC.CC.CC.CC.CC.CC.CC.CC.Cc1ccc2c(oc3ccccc32)c1-c1cccc[n+]1C.Cc1ccc2c(oc3cccnc32)c1-c1cccc[n+]1C.Cc1ccc2c(oc3ccncc32)c1-c1cccc[n+]1C.Cc1ccc2c(oc3cnccc32)c1-c1cccc[n+]1C.Cc1ccc2c(oc3ncccc32)c1-c1cccc[n+]1C.Cc1ccccc1-c1n(-c2ccccc2)cc[n+]1C. The molecule has 23 rings (SSSR count). The first-order chi connectivity index (χ1) is 73.5. The van der Waals surface area contributed by atoms with Gasteiger partial charge in [-0.05, 0) is 172 Å². The van der Waals surface area contributed by atoms with E-state index < -0.39 is 0 Å². The maximum Gasteiger partial charge on any atom is 0.294 e. The predicted molar refractivity (Wildman–Crippen MR) is 641 cm³/mol. The fourth-order valence-corrected chi connectivity index (χ4v) is 16.9. The van der Waals surface area contributed by atoms with Crippen molar-refractivity contribution in [2.75, 3.05) is 0 Å². The summed E-state index contributed by atoms with van der Waals surface area (Å²) in [7, 11) is 12.4. The molecule has 8 aromatic carbocycles. The smallest absolute Gasteiger partial charge is 0.294 e. The highest BCUT2D eigenvalue weighted by Gasteiger charge is 2.27. The Labute approximate surface area is 896 Å². The van der Waals surface area contributed by atoms with Gasteiger partial charge in [0.05, 0.1) is 46.6 Å². The maximum atomic E-state index is 6.16. The van der Waals surface area contributed by atoms with E-state index in [0.29, 0.717) is 5.71 Å². The van der Waals surface area contributed by atoms with Crippen LogP contribution in [0.5, 0.6) is 0 Å². The van der Waals surface area contributed by atoms with Crippen LogP contribution in [-0.2, 0) is 42.3 Å². The third kappa shape index (κ3) is 29.2. The van der Waals surface area contributed by atoms with Crippen molar-refractivity contribution in [3.8, 4) is 73.4 Å². The largest absolute Gasteiger partial charge is 0.455 e. The van der Waals surface area contributed by atoms with E-state index in [2.05, 4.69) is 367 Å². The monoisotopic (exact) mass is 2010 g/mol. The second kappa shape index (κ2) is 65.8. The van der Waals surface area contributed by atoms with Gasteiger partial charge in [0.1, 0.15) is 86.8 Å². The molecule has 786 valence electrons. The second-order valence-electron chi connectivity index (χ2n) is 31.4. The van der Waals surface area contributed by atoms with E-state index >= 15 is 0 Å². The molecule has 0 fully saturated rings. The van der Waals surface area contributed by atoms with Crippen LogP contribution in [-0.4, -0.2) is 24.5 Å². The van der Waals surface area contributed by atoms with Crippen molar-refractivity contribution in [3.05, 3.63) is 381 Å². The van der Waals surface area contributed by atoms with Crippen molar-refractivity contribution in [1.82, 2.24) is 24.5 Å². The van der Waals surface area contributed by atoms with Gasteiger partial charge in [0.25, 0.3) is 5.82 Å². The summed E-state index contributed by atoms with van der Waals surface area (Å²) in [6.45, 7) is 64.7. The average Bonchev–Trinajstić information content (AvgIpc) is 1.64. The zero-order chi connectivity index (χ0) is 111. The zero-order valence-corrected chi connectivity index (χ0v) is 97.4. The molecule has 0 saturated carbocycles. The summed E-state index contributed by atoms with van der Waals surface area (Å²) in [5.74, 6) is 1.20. The molecular weight excluding hydrogens is 1840 g/mol. The molecule has 0 unspecified atom stereocenters. The number of benzene rings is 8. The summed E-state index contributed by atoms with van der Waals surface area (Å²) < 4.78 is 45.5. The van der Waals surface area contributed by atoms with E-state index in [9.17, 15) is 0 Å². The van der Waals surface area contributed by atoms with Crippen LogP contribution in [0.2, 0.25) is 0 Å². The Morgan fingerprint density at radius 3 is 0.960 bits per heavy atom. The van der Waals surface area contributed by atoms with E-state index in [4.69, 9.17) is 22.1 Å². The normalized spacial score (nSPS) is 9.80. The van der Waals surface area contributed by atoms with Gasteiger partial charge in [0.2, 0.25) is 34.2 Å². The number of fused-ring (bicyclic) bond motifs is 15. The fraction of sp³-hybridized carbons (Fsp3) is 0.284. The van der Waals surface area contributed by atoms with Crippen LogP contribution >= 0.6 is 0 Å². The second-order valence-corrected chi connectivity index (χ2v) is 31.4. The fourth-order valence-electron chi connectivity index (χ4n) is 16.9. The van der Waals surface area contributed by atoms with Gasteiger partial charge >= 0.3 is 0 Å². The maximum absolute atomic E-state index is 6.16. The van der Waals surface area contributed by atoms with Crippen LogP contribution in [0.1, 0.15) is 213 Å². The molecule has 0 bridgehead atoms. The van der Waals surface area contributed by atoms with Gasteiger partial charge in [0, 0.05) is 140 Å². The number of pyridine rings is 9. The van der Waals surface area contributed by atoms with Gasteiger partial charge in [-0.15, -0.1) is 0 Å². The first-order valence-electron chi connectivity index (χ1n) is 54.4.